The van der Waals surface area contributed by atoms with E-state index < -0.39 is 0 Å². The molecule has 5 rings (SSSR count). The molecule has 0 fully saturated rings. The van der Waals surface area contributed by atoms with Crippen LogP contribution in [-0.4, -0.2) is 21.1 Å². The molecule has 0 saturated carbocycles. The first kappa shape index (κ1) is 16.3. The highest BCUT2D eigenvalue weighted by Crippen LogP contribution is 2.29. The van der Waals surface area contributed by atoms with Crippen molar-refractivity contribution in [1.82, 2.24) is 20.5 Å². The summed E-state index contributed by atoms with van der Waals surface area (Å²) >= 11 is 0. The molecule has 5 aromatic rings. The summed E-state index contributed by atoms with van der Waals surface area (Å²) in [5, 5.41) is 13.4. The molecule has 0 bridgehead atoms. The van der Waals surface area contributed by atoms with Gasteiger partial charge < -0.3 is 9.73 Å². The van der Waals surface area contributed by atoms with Gasteiger partial charge in [0.05, 0.1) is 24.5 Å². The standard InChI is InChI=1S/C22H16N4O2/c27-22(24-12-17-6-3-9-28-17)19-11-18-20(13-23-19)25-26-21(18)16-8-7-14-4-1-2-5-15(14)10-16/h1-11,13H,12H2,(H,24,27)(H,25,26). The Morgan fingerprint density at radius 1 is 1.04 bits per heavy atom. The maximum Gasteiger partial charge on any atom is 0.270 e. The number of benzene rings is 2. The van der Waals surface area contributed by atoms with Gasteiger partial charge in [0.2, 0.25) is 0 Å². The van der Waals surface area contributed by atoms with Crippen molar-refractivity contribution in [2.75, 3.05) is 0 Å². The number of amides is 1. The Balaban J connectivity index is 1.49. The summed E-state index contributed by atoms with van der Waals surface area (Å²) in [4.78, 5) is 16.7. The van der Waals surface area contributed by atoms with Gasteiger partial charge in [-0.05, 0) is 35.0 Å². The van der Waals surface area contributed by atoms with Gasteiger partial charge in [-0.2, -0.15) is 5.10 Å². The number of aromatic amines is 1. The molecule has 0 aliphatic rings. The number of nitrogens with one attached hydrogen (secondary N) is 2. The minimum Gasteiger partial charge on any atom is -0.467 e. The van der Waals surface area contributed by atoms with Crippen LogP contribution in [0.1, 0.15) is 16.2 Å². The Kier molecular flexibility index (Phi) is 3.87. The summed E-state index contributed by atoms with van der Waals surface area (Å²) in [6, 6.07) is 19.8. The summed E-state index contributed by atoms with van der Waals surface area (Å²) in [6.45, 7) is 0.314. The molecule has 0 saturated heterocycles. The van der Waals surface area contributed by atoms with E-state index >= 15 is 0 Å². The van der Waals surface area contributed by atoms with E-state index in [0.717, 1.165) is 27.5 Å². The van der Waals surface area contributed by atoms with Crippen molar-refractivity contribution in [2.24, 2.45) is 0 Å². The van der Waals surface area contributed by atoms with E-state index in [4.69, 9.17) is 4.42 Å². The van der Waals surface area contributed by atoms with E-state index in [0.29, 0.717) is 18.0 Å². The minimum absolute atomic E-state index is 0.260. The zero-order valence-corrected chi connectivity index (χ0v) is 14.8. The maximum atomic E-state index is 12.5. The zero-order chi connectivity index (χ0) is 18.9. The lowest BCUT2D eigenvalue weighted by Gasteiger charge is -2.04. The van der Waals surface area contributed by atoms with Crippen LogP contribution in [-0.2, 0) is 6.54 Å². The highest BCUT2D eigenvalue weighted by Gasteiger charge is 2.14. The predicted octanol–water partition coefficient (Wildman–Crippen LogP) is 4.30. The molecule has 0 radical (unpaired) electrons. The number of H-pyrrole nitrogens is 1. The summed E-state index contributed by atoms with van der Waals surface area (Å²) in [7, 11) is 0. The molecule has 28 heavy (non-hydrogen) atoms. The second kappa shape index (κ2) is 6.66. The van der Waals surface area contributed by atoms with Gasteiger partial charge in [0, 0.05) is 10.9 Å². The number of pyridine rings is 1. The Morgan fingerprint density at radius 2 is 1.93 bits per heavy atom. The van der Waals surface area contributed by atoms with Gasteiger partial charge in [0.1, 0.15) is 17.1 Å². The van der Waals surface area contributed by atoms with Crippen molar-refractivity contribution in [2.45, 2.75) is 6.54 Å². The molecule has 0 spiro atoms. The minimum atomic E-state index is -0.260. The molecule has 6 nitrogen and oxygen atoms in total. The van der Waals surface area contributed by atoms with Crippen LogP contribution in [0.2, 0.25) is 0 Å². The van der Waals surface area contributed by atoms with Crippen LogP contribution in [0, 0.1) is 0 Å². The lowest BCUT2D eigenvalue weighted by molar-refractivity contribution is 0.0943. The van der Waals surface area contributed by atoms with Crippen LogP contribution in [0.3, 0.4) is 0 Å². The predicted molar refractivity (Wildman–Crippen MR) is 107 cm³/mol. The van der Waals surface area contributed by atoms with Gasteiger partial charge in [-0.25, -0.2) is 4.98 Å². The van der Waals surface area contributed by atoms with E-state index in [9.17, 15) is 4.79 Å². The number of carbonyl (C=O) groups is 1. The topological polar surface area (TPSA) is 83.8 Å². The first-order valence-corrected chi connectivity index (χ1v) is 8.92. The van der Waals surface area contributed by atoms with Gasteiger partial charge >= 0.3 is 0 Å². The molecule has 1 amide bonds. The highest BCUT2D eigenvalue weighted by molar-refractivity contribution is 6.00. The second-order valence-electron chi connectivity index (χ2n) is 6.51. The normalized spacial score (nSPS) is 11.1. The summed E-state index contributed by atoms with van der Waals surface area (Å²) < 4.78 is 5.24. The van der Waals surface area contributed by atoms with E-state index in [1.807, 2.05) is 24.3 Å². The van der Waals surface area contributed by atoms with Crippen molar-refractivity contribution >= 4 is 27.6 Å². The van der Waals surface area contributed by atoms with Crippen LogP contribution in [0.4, 0.5) is 0 Å². The molecule has 3 heterocycles. The molecular formula is C22H16N4O2. The first-order valence-electron chi connectivity index (χ1n) is 8.92. The molecular weight excluding hydrogens is 352 g/mol. The average Bonchev–Trinajstić information content (AvgIpc) is 3.41. The van der Waals surface area contributed by atoms with Crippen LogP contribution in [0.5, 0.6) is 0 Å². The van der Waals surface area contributed by atoms with Crippen molar-refractivity contribution in [3.8, 4) is 11.3 Å². The molecule has 0 atom stereocenters. The molecule has 136 valence electrons. The zero-order valence-electron chi connectivity index (χ0n) is 14.8. The molecule has 0 unspecified atom stereocenters. The van der Waals surface area contributed by atoms with Crippen LogP contribution >= 0.6 is 0 Å². The number of fused-ring (bicyclic) bond motifs is 2. The van der Waals surface area contributed by atoms with Crippen LogP contribution in [0.15, 0.2) is 77.5 Å². The van der Waals surface area contributed by atoms with E-state index in [1.165, 1.54) is 5.39 Å². The third-order valence-corrected chi connectivity index (χ3v) is 4.71. The Hall–Kier alpha value is -3.93. The summed E-state index contributed by atoms with van der Waals surface area (Å²) in [5.41, 5.74) is 2.90. The third-order valence-electron chi connectivity index (χ3n) is 4.71. The Morgan fingerprint density at radius 3 is 2.79 bits per heavy atom. The maximum absolute atomic E-state index is 12.5. The fourth-order valence-corrected chi connectivity index (χ4v) is 3.27. The molecule has 0 aliphatic carbocycles. The van der Waals surface area contributed by atoms with Gasteiger partial charge in [-0.1, -0.05) is 36.4 Å². The quantitative estimate of drug-likeness (QED) is 0.495. The van der Waals surface area contributed by atoms with Crippen molar-refractivity contribution in [3.05, 3.63) is 84.6 Å². The van der Waals surface area contributed by atoms with Gasteiger partial charge in [-0.3, -0.25) is 9.89 Å². The van der Waals surface area contributed by atoms with Crippen molar-refractivity contribution in [3.63, 3.8) is 0 Å². The number of furan rings is 1. The number of nitrogens with zero attached hydrogens (tertiary/aromatic N) is 2. The van der Waals surface area contributed by atoms with Crippen molar-refractivity contribution < 1.29 is 9.21 Å². The molecule has 2 N–H and O–H groups in total. The molecule has 6 heteroatoms. The SMILES string of the molecule is O=C(NCc1ccco1)c1cc2c(-c3ccc4ccccc4c3)n[nH]c2cn1. The van der Waals surface area contributed by atoms with E-state index in [1.54, 1.807) is 24.6 Å². The van der Waals surface area contributed by atoms with E-state index in [-0.39, 0.29) is 5.91 Å². The molecule has 0 aliphatic heterocycles. The van der Waals surface area contributed by atoms with Gasteiger partial charge in [-0.15, -0.1) is 0 Å². The smallest absolute Gasteiger partial charge is 0.270 e. The number of carbonyl (C=O) groups excluding carboxylic acids is 1. The van der Waals surface area contributed by atoms with E-state index in [2.05, 4.69) is 44.8 Å². The summed E-state index contributed by atoms with van der Waals surface area (Å²) in [6.07, 6.45) is 3.21. The number of rotatable bonds is 4. The largest absolute Gasteiger partial charge is 0.467 e. The monoisotopic (exact) mass is 368 g/mol. The summed E-state index contributed by atoms with van der Waals surface area (Å²) in [5.74, 6) is 0.429. The highest BCUT2D eigenvalue weighted by atomic mass is 16.3. The van der Waals surface area contributed by atoms with Crippen LogP contribution < -0.4 is 5.32 Å². The fraction of sp³-hybridized carbons (Fsp3) is 0.0455. The molecule has 3 aromatic heterocycles. The second-order valence-corrected chi connectivity index (χ2v) is 6.51. The number of aromatic nitrogens is 3. The van der Waals surface area contributed by atoms with Gasteiger partial charge in [0.25, 0.3) is 5.91 Å². The van der Waals surface area contributed by atoms with Crippen molar-refractivity contribution in [1.29, 1.82) is 0 Å². The number of hydrogen-bond acceptors (Lipinski definition) is 4. The Bertz CT molecular complexity index is 1290. The lowest BCUT2D eigenvalue weighted by atomic mass is 10.0. The average molecular weight is 368 g/mol. The molecule has 2 aromatic carbocycles. The fourth-order valence-electron chi connectivity index (χ4n) is 3.27. The Labute approximate surface area is 160 Å². The lowest BCUT2D eigenvalue weighted by Crippen LogP contribution is -2.23. The van der Waals surface area contributed by atoms with Crippen LogP contribution in [0.25, 0.3) is 32.9 Å². The van der Waals surface area contributed by atoms with Gasteiger partial charge in [0.15, 0.2) is 0 Å². The first-order chi connectivity index (χ1) is 13.8. The third kappa shape index (κ3) is 2.91. The number of hydrogen-bond donors (Lipinski definition) is 2.